The molecule has 6 atom stereocenters. The number of likely N-dealkylation sites (tertiary alicyclic amines) is 2. The van der Waals surface area contributed by atoms with Crippen LogP contribution in [0.1, 0.15) is 92.2 Å². The number of aromatic amines is 1. The van der Waals surface area contributed by atoms with Crippen molar-refractivity contribution in [3.05, 3.63) is 121 Å². The number of fused-ring (bicyclic) bond motifs is 10. The van der Waals surface area contributed by atoms with Crippen molar-refractivity contribution in [3.63, 3.8) is 0 Å². The highest BCUT2D eigenvalue weighted by Gasteiger charge is 2.43. The Morgan fingerprint density at radius 3 is 1.49 bits per heavy atom. The molecule has 16 nitrogen and oxygen atoms in total. The van der Waals surface area contributed by atoms with Gasteiger partial charge in [-0.3, -0.25) is 0 Å². The third-order valence-corrected chi connectivity index (χ3v) is 17.6. The highest BCUT2D eigenvalue weighted by Crippen LogP contribution is 2.45. The molecule has 0 aliphatic carbocycles. The number of benzene rings is 6. The van der Waals surface area contributed by atoms with Gasteiger partial charge in [-0.05, 0) is 159 Å². The fourth-order valence-corrected chi connectivity index (χ4v) is 13.5. The van der Waals surface area contributed by atoms with E-state index in [1.54, 1.807) is 43.3 Å². The zero-order valence-corrected chi connectivity index (χ0v) is 55.9. The second kappa shape index (κ2) is 27.6. The standard InChI is InChI=1S/C24H28Cl2N2O4.C19H20Cl2N2O2.C13H9Cl2NO.C11H19NO3/c1-24(2,3)32-23(30)27-9-5-6-19(20(29)13-27)28-18-8-7-14(25)10-16(18)17-11-15(26)12-21(31-4)22(17)28;1-25-18-9-12(21)8-14-13-7-11(20)4-5-15(13)23(19(14)18)16-3-2-6-22-10-17(16)24;1-17-12-6-8(15)5-10-9-4-7(14)2-3-11(9)16-13(10)12;1-11(2,3)15-10(13)12-6-4-5-8-9(7-12)14-8/h7-8,10-12,19-20,29H,5-6,9,13H2,1-4H3;4-5,7-9,16-17,22,24H,2-3,6,10H2,1H3;2-6,16H,1H3;8-9H,4-7H2,1-3H3/t19-,20-;16-,17-;;/m11../s1. The number of rotatable bonds is 5. The Balaban J connectivity index is 0.000000136. The van der Waals surface area contributed by atoms with Crippen LogP contribution in [0.4, 0.5) is 9.59 Å². The van der Waals surface area contributed by atoms with Crippen molar-refractivity contribution in [2.24, 2.45) is 0 Å². The van der Waals surface area contributed by atoms with Gasteiger partial charge >= 0.3 is 12.2 Å². The quantitative estimate of drug-likeness (QED) is 0.121. The maximum atomic E-state index is 12.6. The Hall–Kier alpha value is -5.76. The summed E-state index contributed by atoms with van der Waals surface area (Å²) in [6, 6.07) is 28.1. The smallest absolute Gasteiger partial charge is 0.410 e. The van der Waals surface area contributed by atoms with Crippen molar-refractivity contribution in [1.82, 2.24) is 29.2 Å². The van der Waals surface area contributed by atoms with E-state index in [0.717, 1.165) is 116 Å². The van der Waals surface area contributed by atoms with Gasteiger partial charge in [0.25, 0.3) is 0 Å². The molecule has 2 amide bonds. The highest BCUT2D eigenvalue weighted by atomic mass is 35.5. The summed E-state index contributed by atoms with van der Waals surface area (Å²) in [5.74, 6) is 2.07. The number of nitrogens with one attached hydrogen (secondary N) is 2. The van der Waals surface area contributed by atoms with E-state index in [9.17, 15) is 19.8 Å². The van der Waals surface area contributed by atoms with E-state index >= 15 is 0 Å². The summed E-state index contributed by atoms with van der Waals surface area (Å²) in [6.45, 7) is 14.9. The number of amides is 2. The van der Waals surface area contributed by atoms with Crippen LogP contribution in [0.15, 0.2) is 91.0 Å². The molecule has 3 aromatic heterocycles. The number of ether oxygens (including phenoxy) is 6. The molecule has 4 N–H and O–H groups in total. The molecule has 0 saturated carbocycles. The summed E-state index contributed by atoms with van der Waals surface area (Å²) >= 11 is 37.3. The molecule has 4 saturated heterocycles. The van der Waals surface area contributed by atoms with Crippen LogP contribution >= 0.6 is 69.6 Å². The molecule has 476 valence electrons. The first-order chi connectivity index (χ1) is 42.3. The molecule has 2 unspecified atom stereocenters. The number of aromatic nitrogens is 3. The first kappa shape index (κ1) is 66.2. The van der Waals surface area contributed by atoms with E-state index in [-0.39, 0.29) is 30.8 Å². The minimum atomic E-state index is -0.792. The van der Waals surface area contributed by atoms with E-state index in [1.165, 1.54) is 0 Å². The largest absolute Gasteiger partial charge is 0.495 e. The Morgan fingerprint density at radius 1 is 0.517 bits per heavy atom. The summed E-state index contributed by atoms with van der Waals surface area (Å²) < 4.78 is 37.2. The lowest BCUT2D eigenvalue weighted by Crippen LogP contribution is -2.41. The SMILES string of the molecule is CC(C)(C)OC(=O)N1CCCC2OC2C1.COc1cc(Cl)cc2c1[nH]c1ccc(Cl)cc12.COc1cc(Cl)cc2c3cc(Cl)ccc3n([C@@H]3CCCN(C(=O)OC(C)(C)C)C[C@H]3O)c12.COc1cc(Cl)cc2c3cc(Cl)ccc3n([C@@H]3CCCNC[C@H]3O)c12. The number of aliphatic hydroxyl groups excluding tert-OH is 2. The van der Waals surface area contributed by atoms with Crippen LogP contribution in [0.2, 0.25) is 30.1 Å². The van der Waals surface area contributed by atoms with Crippen molar-refractivity contribution in [1.29, 1.82) is 0 Å². The summed E-state index contributed by atoms with van der Waals surface area (Å²) in [5.41, 5.74) is 4.73. The maximum absolute atomic E-state index is 12.6. The van der Waals surface area contributed by atoms with Crippen LogP contribution in [0.3, 0.4) is 0 Å². The van der Waals surface area contributed by atoms with Crippen LogP contribution < -0.4 is 19.5 Å². The summed E-state index contributed by atoms with van der Waals surface area (Å²) in [4.78, 5) is 31.1. The van der Waals surface area contributed by atoms with Crippen LogP contribution in [0, 0.1) is 0 Å². The van der Waals surface area contributed by atoms with Gasteiger partial charge in [0.1, 0.15) is 34.6 Å². The van der Waals surface area contributed by atoms with Gasteiger partial charge in [-0.2, -0.15) is 0 Å². The van der Waals surface area contributed by atoms with Crippen molar-refractivity contribution < 1.29 is 48.2 Å². The van der Waals surface area contributed by atoms with Gasteiger partial charge in [0.05, 0.1) is 81.4 Å². The second-order valence-corrected chi connectivity index (χ2v) is 27.5. The number of aliphatic hydroxyl groups is 2. The molecule has 9 aromatic rings. The zero-order valence-electron chi connectivity index (χ0n) is 51.3. The van der Waals surface area contributed by atoms with Crippen molar-refractivity contribution in [3.8, 4) is 17.2 Å². The predicted octanol–water partition coefficient (Wildman–Crippen LogP) is 16.9. The number of H-pyrrole nitrogens is 1. The lowest BCUT2D eigenvalue weighted by atomic mass is 10.1. The number of hydrogen-bond donors (Lipinski definition) is 4. The molecular formula is C67H76Cl6N6O10. The molecule has 22 heteroatoms. The molecule has 6 aromatic carbocycles. The maximum Gasteiger partial charge on any atom is 0.410 e. The lowest BCUT2D eigenvalue weighted by molar-refractivity contribution is 0.0141. The number of halogens is 6. The molecule has 4 aliphatic rings. The van der Waals surface area contributed by atoms with Gasteiger partial charge in [0.2, 0.25) is 0 Å². The molecular weight excluding hydrogens is 1260 g/mol. The van der Waals surface area contributed by atoms with Crippen LogP contribution in [0.25, 0.3) is 65.4 Å². The Bertz CT molecular complexity index is 4060. The fraction of sp³-hybridized carbons (Fsp3) is 0.433. The number of β-amino-alcohol motifs (C(OH)–C–C–N with tert-alkyl or cyclic N) is 2. The molecule has 0 bridgehead atoms. The number of methoxy groups -OCH3 is 3. The van der Waals surface area contributed by atoms with Gasteiger partial charge in [-0.15, -0.1) is 0 Å². The number of hydrogen-bond acceptors (Lipinski definition) is 11. The molecule has 7 heterocycles. The Labute approximate surface area is 547 Å². The number of carbonyl (C=O) groups is 2. The molecule has 4 fully saturated rings. The average Bonchev–Trinajstić information content (AvgIpc) is 1.64. The molecule has 89 heavy (non-hydrogen) atoms. The zero-order chi connectivity index (χ0) is 63.8. The Kier molecular flexibility index (Phi) is 20.5. The summed E-state index contributed by atoms with van der Waals surface area (Å²) in [7, 11) is 4.88. The number of carbonyl (C=O) groups excluding carboxylic acids is 2. The Morgan fingerprint density at radius 2 is 0.966 bits per heavy atom. The van der Waals surface area contributed by atoms with Crippen molar-refractivity contribution >= 4 is 147 Å². The lowest BCUT2D eigenvalue weighted by Gasteiger charge is -2.29. The summed E-state index contributed by atoms with van der Waals surface area (Å²) in [5, 5.41) is 35.1. The number of nitrogens with zero attached hydrogens (tertiary/aromatic N) is 4. The first-order valence-corrected chi connectivity index (χ1v) is 32.2. The average molecular weight is 1340 g/mol. The molecule has 13 rings (SSSR count). The first-order valence-electron chi connectivity index (χ1n) is 29.9. The van der Waals surface area contributed by atoms with E-state index in [4.69, 9.17) is 98.0 Å². The highest BCUT2D eigenvalue weighted by molar-refractivity contribution is 6.35. The fourth-order valence-electron chi connectivity index (χ4n) is 12.3. The van der Waals surface area contributed by atoms with E-state index in [0.29, 0.717) is 73.8 Å². The third-order valence-electron chi connectivity index (χ3n) is 16.2. The molecule has 4 aliphatic heterocycles. The van der Waals surface area contributed by atoms with E-state index < -0.39 is 29.5 Å². The third kappa shape index (κ3) is 15.1. The topological polar surface area (TPSA) is 177 Å². The minimum absolute atomic E-state index is 0.0359. The molecule has 0 spiro atoms. The van der Waals surface area contributed by atoms with Crippen molar-refractivity contribution in [2.45, 2.75) is 128 Å². The van der Waals surface area contributed by atoms with Crippen molar-refractivity contribution in [2.75, 3.05) is 60.6 Å². The monoisotopic (exact) mass is 1330 g/mol. The van der Waals surface area contributed by atoms with Gasteiger partial charge in [0, 0.05) is 117 Å². The summed E-state index contributed by atoms with van der Waals surface area (Å²) in [6.07, 6.45) is 4.18. The normalized spacial score (nSPS) is 20.5. The predicted molar refractivity (Wildman–Crippen MR) is 359 cm³/mol. The second-order valence-electron chi connectivity index (χ2n) is 24.9. The van der Waals surface area contributed by atoms with Gasteiger partial charge < -0.3 is 67.9 Å². The van der Waals surface area contributed by atoms with Gasteiger partial charge in [-0.25, -0.2) is 9.59 Å². The van der Waals surface area contributed by atoms with E-state index in [1.807, 2.05) is 120 Å². The van der Waals surface area contributed by atoms with E-state index in [2.05, 4.69) is 19.4 Å². The number of epoxide rings is 1. The van der Waals surface area contributed by atoms with Gasteiger partial charge in [0.15, 0.2) is 0 Å². The van der Waals surface area contributed by atoms with Crippen LogP contribution in [-0.4, -0.2) is 143 Å². The van der Waals surface area contributed by atoms with Crippen LogP contribution in [-0.2, 0) is 14.2 Å². The van der Waals surface area contributed by atoms with Gasteiger partial charge in [-0.1, -0.05) is 69.6 Å². The molecule has 0 radical (unpaired) electrons. The van der Waals surface area contributed by atoms with Crippen LogP contribution in [0.5, 0.6) is 17.2 Å². The minimum Gasteiger partial charge on any atom is -0.495 e.